The van der Waals surface area contributed by atoms with Gasteiger partial charge in [-0.25, -0.2) is 0 Å². The number of esters is 1. The highest BCUT2D eigenvalue weighted by Crippen LogP contribution is 2.22. The second-order valence-electron chi connectivity index (χ2n) is 5.49. The SMILES string of the molecule is C=C[C@]1(C)COC(=O)[C@H](Cc2c[nH]c3ccccc23)N1. The fourth-order valence-electron chi connectivity index (χ4n) is 2.59. The highest BCUT2D eigenvalue weighted by atomic mass is 16.5. The van der Waals surface area contributed by atoms with E-state index in [1.165, 1.54) is 0 Å². The van der Waals surface area contributed by atoms with Crippen LogP contribution >= 0.6 is 0 Å². The van der Waals surface area contributed by atoms with Crippen molar-refractivity contribution < 1.29 is 9.53 Å². The van der Waals surface area contributed by atoms with E-state index in [0.717, 1.165) is 16.5 Å². The quantitative estimate of drug-likeness (QED) is 0.664. The van der Waals surface area contributed by atoms with E-state index in [-0.39, 0.29) is 17.6 Å². The Morgan fingerprint density at radius 1 is 1.50 bits per heavy atom. The summed E-state index contributed by atoms with van der Waals surface area (Å²) in [6.07, 6.45) is 4.35. The normalized spacial score (nSPS) is 26.4. The zero-order chi connectivity index (χ0) is 14.2. The summed E-state index contributed by atoms with van der Waals surface area (Å²) in [7, 11) is 0. The van der Waals surface area contributed by atoms with E-state index in [1.807, 2.05) is 31.3 Å². The molecule has 2 aromatic rings. The third-order valence-electron chi connectivity index (χ3n) is 3.85. The largest absolute Gasteiger partial charge is 0.462 e. The van der Waals surface area contributed by atoms with Gasteiger partial charge in [-0.2, -0.15) is 0 Å². The number of aromatic nitrogens is 1. The Balaban J connectivity index is 1.86. The number of carbonyl (C=O) groups is 1. The molecule has 2 atom stereocenters. The number of morpholine rings is 1. The zero-order valence-electron chi connectivity index (χ0n) is 11.5. The van der Waals surface area contributed by atoms with Crippen LogP contribution in [0.2, 0.25) is 0 Å². The molecule has 1 aliphatic rings. The Kier molecular flexibility index (Phi) is 3.10. The van der Waals surface area contributed by atoms with Crippen molar-refractivity contribution in [1.82, 2.24) is 10.3 Å². The number of cyclic esters (lactones) is 1. The number of aromatic amines is 1. The summed E-state index contributed by atoms with van der Waals surface area (Å²) in [4.78, 5) is 15.2. The van der Waals surface area contributed by atoms with Crippen molar-refractivity contribution in [3.8, 4) is 0 Å². The maximum Gasteiger partial charge on any atom is 0.323 e. The molecule has 4 heteroatoms. The standard InChI is InChI=1S/C16H18N2O2/c1-3-16(2)10-20-15(19)14(18-16)8-11-9-17-13-7-5-4-6-12(11)13/h3-7,9,14,17-18H,1,8,10H2,2H3/t14-,16+/m0/s1. The zero-order valence-corrected chi connectivity index (χ0v) is 11.5. The molecule has 2 heterocycles. The predicted molar refractivity (Wildman–Crippen MR) is 78.5 cm³/mol. The molecule has 0 aliphatic carbocycles. The van der Waals surface area contributed by atoms with Crippen LogP contribution in [0.5, 0.6) is 0 Å². The van der Waals surface area contributed by atoms with Crippen LogP contribution in [0.15, 0.2) is 43.1 Å². The number of para-hydroxylation sites is 1. The maximum atomic E-state index is 11.9. The molecule has 4 nitrogen and oxygen atoms in total. The summed E-state index contributed by atoms with van der Waals surface area (Å²) >= 11 is 0. The minimum Gasteiger partial charge on any atom is -0.462 e. The summed E-state index contributed by atoms with van der Waals surface area (Å²) < 4.78 is 5.27. The first-order chi connectivity index (χ1) is 9.61. The van der Waals surface area contributed by atoms with Crippen LogP contribution in [0.25, 0.3) is 10.9 Å². The summed E-state index contributed by atoms with van der Waals surface area (Å²) in [5.74, 6) is -0.199. The molecule has 1 aliphatic heterocycles. The Morgan fingerprint density at radius 3 is 3.10 bits per heavy atom. The van der Waals surface area contributed by atoms with Gasteiger partial charge in [-0.15, -0.1) is 6.58 Å². The molecule has 0 unspecified atom stereocenters. The number of hydrogen-bond acceptors (Lipinski definition) is 3. The van der Waals surface area contributed by atoms with Crippen LogP contribution in [-0.4, -0.2) is 29.1 Å². The topological polar surface area (TPSA) is 54.1 Å². The lowest BCUT2D eigenvalue weighted by Crippen LogP contribution is -2.59. The molecular weight excluding hydrogens is 252 g/mol. The summed E-state index contributed by atoms with van der Waals surface area (Å²) in [6.45, 7) is 6.12. The molecule has 104 valence electrons. The van der Waals surface area contributed by atoms with Gasteiger partial charge in [0.05, 0.1) is 5.54 Å². The molecule has 0 bridgehead atoms. The molecule has 2 N–H and O–H groups in total. The van der Waals surface area contributed by atoms with Gasteiger partial charge in [0.25, 0.3) is 0 Å². The third kappa shape index (κ3) is 2.23. The second-order valence-corrected chi connectivity index (χ2v) is 5.49. The molecule has 0 saturated carbocycles. The van der Waals surface area contributed by atoms with Gasteiger partial charge in [-0.05, 0) is 18.6 Å². The van der Waals surface area contributed by atoms with E-state index in [1.54, 1.807) is 6.08 Å². The molecule has 1 aromatic carbocycles. The molecule has 1 fully saturated rings. The number of nitrogens with one attached hydrogen (secondary N) is 2. The molecule has 3 rings (SSSR count). The average Bonchev–Trinajstić information content (AvgIpc) is 2.87. The number of carbonyl (C=O) groups excluding carboxylic acids is 1. The highest BCUT2D eigenvalue weighted by Gasteiger charge is 2.35. The molecule has 0 spiro atoms. The number of hydrogen-bond donors (Lipinski definition) is 2. The Bertz CT molecular complexity index is 661. The number of benzene rings is 1. The van der Waals surface area contributed by atoms with Gasteiger partial charge in [-0.1, -0.05) is 24.3 Å². The van der Waals surface area contributed by atoms with Crippen LogP contribution < -0.4 is 5.32 Å². The van der Waals surface area contributed by atoms with Gasteiger partial charge in [0.15, 0.2) is 0 Å². The van der Waals surface area contributed by atoms with Gasteiger partial charge in [0, 0.05) is 23.5 Å². The van der Waals surface area contributed by atoms with Crippen LogP contribution in [0.3, 0.4) is 0 Å². The Hall–Kier alpha value is -2.07. The van der Waals surface area contributed by atoms with Crippen LogP contribution in [0.4, 0.5) is 0 Å². The van der Waals surface area contributed by atoms with E-state index in [0.29, 0.717) is 13.0 Å². The van der Waals surface area contributed by atoms with E-state index in [4.69, 9.17) is 4.74 Å². The van der Waals surface area contributed by atoms with E-state index >= 15 is 0 Å². The lowest BCUT2D eigenvalue weighted by Gasteiger charge is -2.36. The molecule has 0 amide bonds. The van der Waals surface area contributed by atoms with Gasteiger partial charge in [-0.3, -0.25) is 10.1 Å². The van der Waals surface area contributed by atoms with Gasteiger partial charge in [0.1, 0.15) is 12.6 Å². The van der Waals surface area contributed by atoms with Crippen molar-refractivity contribution in [2.24, 2.45) is 0 Å². The monoisotopic (exact) mass is 270 g/mol. The highest BCUT2D eigenvalue weighted by molar-refractivity contribution is 5.84. The van der Waals surface area contributed by atoms with Crippen molar-refractivity contribution in [3.05, 3.63) is 48.7 Å². The second kappa shape index (κ2) is 4.80. The lowest BCUT2D eigenvalue weighted by atomic mass is 9.97. The van der Waals surface area contributed by atoms with Crippen LogP contribution in [0, 0.1) is 0 Å². The van der Waals surface area contributed by atoms with E-state index in [2.05, 4.69) is 22.9 Å². The summed E-state index contributed by atoms with van der Waals surface area (Å²) in [6, 6.07) is 7.73. The van der Waals surface area contributed by atoms with Crippen molar-refractivity contribution >= 4 is 16.9 Å². The van der Waals surface area contributed by atoms with Gasteiger partial charge >= 0.3 is 5.97 Å². The van der Waals surface area contributed by atoms with Crippen molar-refractivity contribution in [3.63, 3.8) is 0 Å². The fraction of sp³-hybridized carbons (Fsp3) is 0.312. The van der Waals surface area contributed by atoms with E-state index < -0.39 is 0 Å². The van der Waals surface area contributed by atoms with Gasteiger partial charge in [0.2, 0.25) is 0 Å². The third-order valence-corrected chi connectivity index (χ3v) is 3.85. The van der Waals surface area contributed by atoms with Gasteiger partial charge < -0.3 is 9.72 Å². The molecule has 0 radical (unpaired) electrons. The number of fused-ring (bicyclic) bond motifs is 1. The van der Waals surface area contributed by atoms with Crippen molar-refractivity contribution in [1.29, 1.82) is 0 Å². The Labute approximate surface area is 117 Å². The first kappa shape index (κ1) is 12.9. The molecule has 1 aromatic heterocycles. The minimum absolute atomic E-state index is 0.199. The fourth-order valence-corrected chi connectivity index (χ4v) is 2.59. The predicted octanol–water partition coefficient (Wildman–Crippen LogP) is 2.17. The van der Waals surface area contributed by atoms with E-state index in [9.17, 15) is 4.79 Å². The molecule has 1 saturated heterocycles. The number of rotatable bonds is 3. The maximum absolute atomic E-state index is 11.9. The average molecular weight is 270 g/mol. The number of ether oxygens (including phenoxy) is 1. The summed E-state index contributed by atoms with van der Waals surface area (Å²) in [5, 5.41) is 4.47. The first-order valence-corrected chi connectivity index (χ1v) is 6.74. The number of H-pyrrole nitrogens is 1. The van der Waals surface area contributed by atoms with Crippen molar-refractivity contribution in [2.75, 3.05) is 6.61 Å². The minimum atomic E-state index is -0.356. The molecular formula is C16H18N2O2. The van der Waals surface area contributed by atoms with Crippen molar-refractivity contribution in [2.45, 2.75) is 24.9 Å². The Morgan fingerprint density at radius 2 is 2.30 bits per heavy atom. The van der Waals surface area contributed by atoms with Crippen LogP contribution in [0.1, 0.15) is 12.5 Å². The first-order valence-electron chi connectivity index (χ1n) is 6.74. The molecule has 20 heavy (non-hydrogen) atoms. The van der Waals surface area contributed by atoms with Crippen LogP contribution in [-0.2, 0) is 16.0 Å². The lowest BCUT2D eigenvalue weighted by molar-refractivity contribution is -0.153. The summed E-state index contributed by atoms with van der Waals surface area (Å²) in [5.41, 5.74) is 1.84. The smallest absolute Gasteiger partial charge is 0.323 e.